The standard InChI is InChI=1S/C15H22N2O3S/c1-13(2)7-8-17(3)21(19,20)15-10-14(11-16-12-15)6-4-5-9-18/h10-13,18H,5,7-9H2,1-3H3. The van der Waals surface area contributed by atoms with Crippen molar-refractivity contribution in [2.24, 2.45) is 5.92 Å². The zero-order chi connectivity index (χ0) is 15.9. The average Bonchev–Trinajstić information content (AvgIpc) is 2.45. The number of hydrogen-bond donors (Lipinski definition) is 1. The van der Waals surface area contributed by atoms with Gasteiger partial charge in [0.2, 0.25) is 10.0 Å². The molecule has 0 aliphatic heterocycles. The van der Waals surface area contributed by atoms with Crippen LogP contribution < -0.4 is 0 Å². The fraction of sp³-hybridized carbons (Fsp3) is 0.533. The van der Waals surface area contributed by atoms with Crippen LogP contribution in [0.2, 0.25) is 0 Å². The van der Waals surface area contributed by atoms with Crippen LogP contribution >= 0.6 is 0 Å². The van der Waals surface area contributed by atoms with E-state index in [1.165, 1.54) is 22.8 Å². The van der Waals surface area contributed by atoms with Gasteiger partial charge in [-0.15, -0.1) is 0 Å². The second-order valence-corrected chi connectivity index (χ2v) is 7.24. The van der Waals surface area contributed by atoms with Gasteiger partial charge in [-0.1, -0.05) is 25.7 Å². The minimum atomic E-state index is -3.53. The van der Waals surface area contributed by atoms with E-state index in [1.807, 2.05) is 0 Å². The molecule has 0 fully saturated rings. The zero-order valence-corrected chi connectivity index (χ0v) is 13.5. The molecular formula is C15H22N2O3S. The molecule has 0 spiro atoms. The number of pyridine rings is 1. The molecule has 0 aliphatic rings. The highest BCUT2D eigenvalue weighted by Gasteiger charge is 2.21. The predicted octanol–water partition coefficient (Wildman–Crippen LogP) is 1.48. The number of aromatic nitrogens is 1. The van der Waals surface area contributed by atoms with Crippen molar-refractivity contribution in [2.45, 2.75) is 31.6 Å². The summed E-state index contributed by atoms with van der Waals surface area (Å²) in [6, 6.07) is 1.51. The monoisotopic (exact) mass is 310 g/mol. The van der Waals surface area contributed by atoms with Crippen LogP contribution in [-0.4, -0.2) is 43.0 Å². The lowest BCUT2D eigenvalue weighted by atomic mass is 10.1. The SMILES string of the molecule is CC(C)CCN(C)S(=O)(=O)c1cncc(C#CCCO)c1. The van der Waals surface area contributed by atoms with Crippen molar-refractivity contribution in [3.63, 3.8) is 0 Å². The van der Waals surface area contributed by atoms with Gasteiger partial charge in [-0.05, 0) is 18.4 Å². The molecule has 0 radical (unpaired) electrons. The van der Waals surface area contributed by atoms with E-state index in [0.717, 1.165) is 6.42 Å². The summed E-state index contributed by atoms with van der Waals surface area (Å²) in [4.78, 5) is 4.08. The highest BCUT2D eigenvalue weighted by Crippen LogP contribution is 2.15. The van der Waals surface area contributed by atoms with Crippen molar-refractivity contribution < 1.29 is 13.5 Å². The summed E-state index contributed by atoms with van der Waals surface area (Å²) in [6.45, 7) is 4.57. The summed E-state index contributed by atoms with van der Waals surface area (Å²) < 4.78 is 26.2. The highest BCUT2D eigenvalue weighted by molar-refractivity contribution is 7.89. The molecule has 1 aromatic heterocycles. The minimum absolute atomic E-state index is 0.0175. The fourth-order valence-corrected chi connectivity index (χ4v) is 2.76. The van der Waals surface area contributed by atoms with Crippen LogP contribution in [0.3, 0.4) is 0 Å². The number of nitrogens with zero attached hydrogens (tertiary/aromatic N) is 2. The van der Waals surface area contributed by atoms with Crippen molar-refractivity contribution in [3.05, 3.63) is 24.0 Å². The topological polar surface area (TPSA) is 70.5 Å². The quantitative estimate of drug-likeness (QED) is 0.808. The molecule has 0 saturated heterocycles. The molecule has 21 heavy (non-hydrogen) atoms. The molecule has 5 nitrogen and oxygen atoms in total. The molecule has 1 heterocycles. The Bertz CT molecular complexity index is 615. The third-order valence-corrected chi connectivity index (χ3v) is 4.73. The van der Waals surface area contributed by atoms with Gasteiger partial charge in [0.25, 0.3) is 0 Å². The Morgan fingerprint density at radius 1 is 1.38 bits per heavy atom. The lowest BCUT2D eigenvalue weighted by Gasteiger charge is -2.18. The fourth-order valence-electron chi connectivity index (χ4n) is 1.59. The molecule has 0 aromatic carbocycles. The Labute approximate surface area is 127 Å². The second kappa shape index (κ2) is 8.13. The van der Waals surface area contributed by atoms with E-state index in [4.69, 9.17) is 5.11 Å². The predicted molar refractivity (Wildman–Crippen MR) is 82.1 cm³/mol. The van der Waals surface area contributed by atoms with Crippen LogP contribution in [-0.2, 0) is 10.0 Å². The molecule has 0 amide bonds. The first kappa shape index (κ1) is 17.6. The summed E-state index contributed by atoms with van der Waals surface area (Å²) in [6.07, 6.45) is 4.00. The van der Waals surface area contributed by atoms with Gasteiger partial charge < -0.3 is 5.11 Å². The Hall–Kier alpha value is -1.42. The number of aliphatic hydroxyl groups excluding tert-OH is 1. The first-order chi connectivity index (χ1) is 9.87. The lowest BCUT2D eigenvalue weighted by Crippen LogP contribution is -2.28. The van der Waals surface area contributed by atoms with Gasteiger partial charge in [0.15, 0.2) is 0 Å². The highest BCUT2D eigenvalue weighted by atomic mass is 32.2. The van der Waals surface area contributed by atoms with E-state index in [0.29, 0.717) is 24.4 Å². The minimum Gasteiger partial charge on any atom is -0.395 e. The van der Waals surface area contributed by atoms with Gasteiger partial charge in [0.1, 0.15) is 4.90 Å². The molecule has 0 aliphatic carbocycles. The Morgan fingerprint density at radius 3 is 2.71 bits per heavy atom. The van der Waals surface area contributed by atoms with E-state index in [1.54, 1.807) is 7.05 Å². The molecule has 0 bridgehead atoms. The molecule has 6 heteroatoms. The van der Waals surface area contributed by atoms with Crippen molar-refractivity contribution >= 4 is 10.0 Å². The van der Waals surface area contributed by atoms with Gasteiger partial charge in [-0.3, -0.25) is 4.98 Å². The summed E-state index contributed by atoms with van der Waals surface area (Å²) in [5.74, 6) is 5.98. The normalized spacial score (nSPS) is 11.5. The first-order valence-electron chi connectivity index (χ1n) is 6.89. The van der Waals surface area contributed by atoms with E-state index < -0.39 is 10.0 Å². The molecule has 0 saturated carbocycles. The van der Waals surface area contributed by atoms with Gasteiger partial charge in [0, 0.05) is 38.0 Å². The summed E-state index contributed by atoms with van der Waals surface area (Å²) in [5.41, 5.74) is 0.529. The van der Waals surface area contributed by atoms with Gasteiger partial charge >= 0.3 is 0 Å². The lowest BCUT2D eigenvalue weighted by molar-refractivity contribution is 0.305. The van der Waals surface area contributed by atoms with Crippen LogP contribution in [0.4, 0.5) is 0 Å². The van der Waals surface area contributed by atoms with Crippen LogP contribution in [0.1, 0.15) is 32.3 Å². The number of hydrogen-bond acceptors (Lipinski definition) is 4. The molecular weight excluding hydrogens is 288 g/mol. The molecule has 1 N–H and O–H groups in total. The smallest absolute Gasteiger partial charge is 0.244 e. The Balaban J connectivity index is 2.93. The summed E-state index contributed by atoms with van der Waals surface area (Å²) in [7, 11) is -1.96. The zero-order valence-electron chi connectivity index (χ0n) is 12.7. The van der Waals surface area contributed by atoms with Crippen LogP contribution in [0.15, 0.2) is 23.4 Å². The van der Waals surface area contributed by atoms with Gasteiger partial charge in [0.05, 0.1) is 6.61 Å². The van der Waals surface area contributed by atoms with Crippen LogP contribution in [0.25, 0.3) is 0 Å². The van der Waals surface area contributed by atoms with E-state index in [2.05, 4.69) is 30.7 Å². The average molecular weight is 310 g/mol. The largest absolute Gasteiger partial charge is 0.395 e. The number of aliphatic hydroxyl groups is 1. The van der Waals surface area contributed by atoms with Crippen molar-refractivity contribution in [2.75, 3.05) is 20.2 Å². The van der Waals surface area contributed by atoms with Crippen molar-refractivity contribution in [1.82, 2.24) is 9.29 Å². The summed E-state index contributed by atoms with van der Waals surface area (Å²) >= 11 is 0. The summed E-state index contributed by atoms with van der Waals surface area (Å²) in [5, 5.41) is 8.68. The van der Waals surface area contributed by atoms with Gasteiger partial charge in [-0.25, -0.2) is 12.7 Å². The van der Waals surface area contributed by atoms with Gasteiger partial charge in [-0.2, -0.15) is 0 Å². The third-order valence-electron chi connectivity index (χ3n) is 2.91. The number of rotatable bonds is 6. The first-order valence-corrected chi connectivity index (χ1v) is 8.33. The van der Waals surface area contributed by atoms with Crippen LogP contribution in [0.5, 0.6) is 0 Å². The Kier molecular flexibility index (Phi) is 6.82. The van der Waals surface area contributed by atoms with Crippen LogP contribution in [0, 0.1) is 17.8 Å². The van der Waals surface area contributed by atoms with Crippen molar-refractivity contribution in [3.8, 4) is 11.8 Å². The number of sulfonamides is 1. The molecule has 1 rings (SSSR count). The maximum atomic E-state index is 12.4. The van der Waals surface area contributed by atoms with E-state index >= 15 is 0 Å². The maximum Gasteiger partial charge on any atom is 0.244 e. The maximum absolute atomic E-state index is 12.4. The van der Waals surface area contributed by atoms with E-state index in [-0.39, 0.29) is 11.5 Å². The third kappa shape index (κ3) is 5.46. The van der Waals surface area contributed by atoms with Crippen molar-refractivity contribution in [1.29, 1.82) is 0 Å². The Morgan fingerprint density at radius 2 is 2.10 bits per heavy atom. The van der Waals surface area contributed by atoms with E-state index in [9.17, 15) is 8.42 Å². The molecule has 0 unspecified atom stereocenters. The second-order valence-electron chi connectivity index (χ2n) is 5.19. The molecule has 116 valence electrons. The molecule has 0 atom stereocenters. The molecule has 1 aromatic rings.